The fourth-order valence-corrected chi connectivity index (χ4v) is 3.11. The van der Waals surface area contributed by atoms with Crippen molar-refractivity contribution in [3.63, 3.8) is 0 Å². The lowest BCUT2D eigenvalue weighted by molar-refractivity contribution is -0.274. The third-order valence-electron chi connectivity index (χ3n) is 3.80. The molecule has 2 aromatic rings. The fraction of sp³-hybridized carbons (Fsp3) is 0.222. The highest BCUT2D eigenvalue weighted by molar-refractivity contribution is 9.10. The van der Waals surface area contributed by atoms with Gasteiger partial charge in [-0.15, -0.1) is 13.2 Å². The van der Waals surface area contributed by atoms with Crippen molar-refractivity contribution in [2.45, 2.75) is 12.8 Å². The molecule has 0 spiro atoms. The minimum atomic E-state index is -4.77. The zero-order chi connectivity index (χ0) is 19.6. The van der Waals surface area contributed by atoms with Crippen LogP contribution in [0, 0.1) is 0 Å². The molecule has 2 amide bonds. The summed E-state index contributed by atoms with van der Waals surface area (Å²) in [5.74, 6) is -0.726. The monoisotopic (exact) mass is 443 g/mol. The summed E-state index contributed by atoms with van der Waals surface area (Å²) < 4.78 is 46.2. The molecule has 0 atom stereocenters. The molecule has 0 unspecified atom stereocenters. The predicted molar refractivity (Wildman–Crippen MR) is 92.7 cm³/mol. The van der Waals surface area contributed by atoms with Gasteiger partial charge in [0.1, 0.15) is 11.5 Å². The average molecular weight is 444 g/mol. The number of carbonyl (C=O) groups is 2. The van der Waals surface area contributed by atoms with E-state index < -0.39 is 6.36 Å². The van der Waals surface area contributed by atoms with Crippen LogP contribution in [0.5, 0.6) is 11.5 Å². The van der Waals surface area contributed by atoms with Crippen molar-refractivity contribution in [1.29, 1.82) is 0 Å². The second-order valence-corrected chi connectivity index (χ2v) is 6.50. The number of amides is 2. The van der Waals surface area contributed by atoms with Crippen LogP contribution in [0.1, 0.15) is 27.1 Å². The Kier molecular flexibility index (Phi) is 5.41. The molecule has 0 saturated carbocycles. The molecule has 2 aromatic carbocycles. The van der Waals surface area contributed by atoms with Gasteiger partial charge in [-0.05, 0) is 52.7 Å². The van der Waals surface area contributed by atoms with Crippen molar-refractivity contribution in [2.24, 2.45) is 0 Å². The lowest BCUT2D eigenvalue weighted by atomic mass is 10.1. The van der Waals surface area contributed by atoms with E-state index in [9.17, 15) is 22.8 Å². The van der Waals surface area contributed by atoms with Gasteiger partial charge in [0.25, 0.3) is 11.8 Å². The number of rotatable bonds is 6. The molecule has 0 fully saturated rings. The van der Waals surface area contributed by atoms with Gasteiger partial charge in [0.15, 0.2) is 0 Å². The summed E-state index contributed by atoms with van der Waals surface area (Å²) in [4.78, 5) is 25.6. The lowest BCUT2D eigenvalue weighted by Gasteiger charge is -2.15. The van der Waals surface area contributed by atoms with E-state index in [1.165, 1.54) is 6.07 Å². The van der Waals surface area contributed by atoms with Gasteiger partial charge in [0.05, 0.1) is 22.2 Å². The molecule has 0 saturated heterocycles. The zero-order valence-electron chi connectivity index (χ0n) is 13.8. The van der Waals surface area contributed by atoms with Crippen LogP contribution in [-0.4, -0.2) is 36.2 Å². The van der Waals surface area contributed by atoms with Gasteiger partial charge in [-0.2, -0.15) is 0 Å². The highest BCUT2D eigenvalue weighted by Crippen LogP contribution is 2.32. The molecular weight excluding hydrogens is 431 g/mol. The molecule has 9 heteroatoms. The summed E-state index contributed by atoms with van der Waals surface area (Å²) in [6.45, 7) is 0.352. The van der Waals surface area contributed by atoms with Crippen LogP contribution in [0.25, 0.3) is 0 Å². The van der Waals surface area contributed by atoms with E-state index in [4.69, 9.17) is 4.74 Å². The Bertz CT molecular complexity index is 850. The number of fused-ring (bicyclic) bond motifs is 1. The van der Waals surface area contributed by atoms with Crippen molar-refractivity contribution >= 4 is 27.7 Å². The smallest absolute Gasteiger partial charge is 0.492 e. The second-order valence-electron chi connectivity index (χ2n) is 5.65. The fourth-order valence-electron chi connectivity index (χ4n) is 2.64. The lowest BCUT2D eigenvalue weighted by Crippen LogP contribution is -2.31. The van der Waals surface area contributed by atoms with Crippen molar-refractivity contribution in [2.75, 3.05) is 13.2 Å². The molecule has 0 aliphatic carbocycles. The summed E-state index contributed by atoms with van der Waals surface area (Å²) in [5, 5.41) is 0. The third kappa shape index (κ3) is 4.41. The minimum absolute atomic E-state index is 0.172. The number of ether oxygens (including phenoxy) is 2. The van der Waals surface area contributed by atoms with E-state index >= 15 is 0 Å². The van der Waals surface area contributed by atoms with Crippen LogP contribution in [0.3, 0.4) is 0 Å². The first-order valence-electron chi connectivity index (χ1n) is 7.89. The minimum Gasteiger partial charge on any atom is -0.492 e. The standard InChI is InChI=1S/C18H13BrF3NO4/c19-14-10-11(27-18(20,21)22)6-7-15(14)26-9-3-8-23-16(24)12-4-1-2-5-13(12)17(23)25/h1-2,4-7,10H,3,8-9H2. The number of benzene rings is 2. The maximum absolute atomic E-state index is 12.2. The van der Waals surface area contributed by atoms with Gasteiger partial charge < -0.3 is 9.47 Å². The van der Waals surface area contributed by atoms with Crippen molar-refractivity contribution in [1.82, 2.24) is 4.90 Å². The van der Waals surface area contributed by atoms with Crippen molar-refractivity contribution < 1.29 is 32.2 Å². The maximum Gasteiger partial charge on any atom is 0.573 e. The molecule has 3 rings (SSSR count). The number of halogens is 4. The molecule has 1 heterocycles. The van der Waals surface area contributed by atoms with E-state index in [1.54, 1.807) is 24.3 Å². The Morgan fingerprint density at radius 2 is 1.63 bits per heavy atom. The molecule has 0 N–H and O–H groups in total. The summed E-state index contributed by atoms with van der Waals surface area (Å²) >= 11 is 3.12. The molecule has 1 aliphatic heterocycles. The SMILES string of the molecule is O=C1c2ccccc2C(=O)N1CCCOc1ccc(OC(F)(F)F)cc1Br. The summed E-state index contributed by atoms with van der Waals surface area (Å²) in [5.41, 5.74) is 0.762. The summed E-state index contributed by atoms with van der Waals surface area (Å²) in [6, 6.07) is 10.2. The van der Waals surface area contributed by atoms with Crippen LogP contribution in [-0.2, 0) is 0 Å². The molecule has 5 nitrogen and oxygen atoms in total. The van der Waals surface area contributed by atoms with E-state index in [0.29, 0.717) is 27.8 Å². The first kappa shape index (κ1) is 19.2. The van der Waals surface area contributed by atoms with Gasteiger partial charge >= 0.3 is 6.36 Å². The van der Waals surface area contributed by atoms with Crippen molar-refractivity contribution in [3.05, 3.63) is 58.1 Å². The molecule has 0 aromatic heterocycles. The Morgan fingerprint density at radius 3 is 2.19 bits per heavy atom. The Hall–Kier alpha value is -2.55. The Morgan fingerprint density at radius 1 is 1.00 bits per heavy atom. The van der Waals surface area contributed by atoms with Gasteiger partial charge in [-0.1, -0.05) is 12.1 Å². The Balaban J connectivity index is 1.53. The first-order valence-corrected chi connectivity index (χ1v) is 8.69. The molecule has 1 aliphatic rings. The molecular formula is C18H13BrF3NO4. The number of imide groups is 1. The highest BCUT2D eigenvalue weighted by atomic mass is 79.9. The van der Waals surface area contributed by atoms with Crippen LogP contribution in [0.2, 0.25) is 0 Å². The number of alkyl halides is 3. The Labute approximate surface area is 160 Å². The van der Waals surface area contributed by atoms with Crippen LogP contribution in [0.15, 0.2) is 46.9 Å². The molecule has 0 radical (unpaired) electrons. The van der Waals surface area contributed by atoms with Crippen LogP contribution >= 0.6 is 15.9 Å². The van der Waals surface area contributed by atoms with Gasteiger partial charge in [-0.25, -0.2) is 0 Å². The number of hydrogen-bond donors (Lipinski definition) is 0. The molecule has 142 valence electrons. The van der Waals surface area contributed by atoms with E-state index in [1.807, 2.05) is 0 Å². The molecule has 0 bridgehead atoms. The topological polar surface area (TPSA) is 55.8 Å². The van der Waals surface area contributed by atoms with Crippen LogP contribution in [0.4, 0.5) is 13.2 Å². The number of nitrogens with zero attached hydrogens (tertiary/aromatic N) is 1. The first-order chi connectivity index (χ1) is 12.8. The highest BCUT2D eigenvalue weighted by Gasteiger charge is 2.34. The van der Waals surface area contributed by atoms with Crippen LogP contribution < -0.4 is 9.47 Å². The normalized spacial score (nSPS) is 13.7. The number of carbonyl (C=O) groups excluding carboxylic acids is 2. The van der Waals surface area contributed by atoms with E-state index in [0.717, 1.165) is 17.0 Å². The maximum atomic E-state index is 12.2. The predicted octanol–water partition coefficient (Wildman–Crippen LogP) is 4.41. The van der Waals surface area contributed by atoms with E-state index in [2.05, 4.69) is 20.7 Å². The van der Waals surface area contributed by atoms with Gasteiger partial charge in [0, 0.05) is 6.54 Å². The average Bonchev–Trinajstić information content (AvgIpc) is 2.84. The summed E-state index contributed by atoms with van der Waals surface area (Å²) in [7, 11) is 0. The quantitative estimate of drug-likeness (QED) is 0.490. The van der Waals surface area contributed by atoms with Crippen molar-refractivity contribution in [3.8, 4) is 11.5 Å². The largest absolute Gasteiger partial charge is 0.573 e. The zero-order valence-corrected chi connectivity index (χ0v) is 15.3. The number of hydrogen-bond acceptors (Lipinski definition) is 4. The van der Waals surface area contributed by atoms with Gasteiger partial charge in [0.2, 0.25) is 0 Å². The molecule has 27 heavy (non-hydrogen) atoms. The van der Waals surface area contributed by atoms with Gasteiger partial charge in [-0.3, -0.25) is 14.5 Å². The second kappa shape index (κ2) is 7.59. The van der Waals surface area contributed by atoms with E-state index in [-0.39, 0.29) is 30.7 Å². The summed E-state index contributed by atoms with van der Waals surface area (Å²) in [6.07, 6.45) is -4.40. The third-order valence-corrected chi connectivity index (χ3v) is 4.42.